The van der Waals surface area contributed by atoms with Crippen molar-refractivity contribution in [3.63, 3.8) is 0 Å². The first-order chi connectivity index (χ1) is 17.3. The summed E-state index contributed by atoms with van der Waals surface area (Å²) in [5.41, 5.74) is 7.74. The van der Waals surface area contributed by atoms with E-state index in [1.54, 1.807) is 48.0 Å². The van der Waals surface area contributed by atoms with Gasteiger partial charge in [-0.25, -0.2) is 9.48 Å². The lowest BCUT2D eigenvalue weighted by atomic mass is 9.86. The molecule has 0 saturated heterocycles. The summed E-state index contributed by atoms with van der Waals surface area (Å²) in [6.45, 7) is 7.18. The highest BCUT2D eigenvalue weighted by atomic mass is 35.5. The van der Waals surface area contributed by atoms with Crippen molar-refractivity contribution in [3.05, 3.63) is 63.8 Å². The summed E-state index contributed by atoms with van der Waals surface area (Å²) in [5, 5.41) is 11.1. The highest BCUT2D eigenvalue weighted by molar-refractivity contribution is 6.35. The van der Waals surface area contributed by atoms with Crippen LogP contribution in [0, 0.1) is 12.3 Å². The molecule has 0 spiro atoms. The van der Waals surface area contributed by atoms with E-state index in [9.17, 15) is 14.4 Å². The van der Waals surface area contributed by atoms with Crippen molar-refractivity contribution in [2.24, 2.45) is 11.1 Å². The molecule has 0 radical (unpaired) electrons. The molecule has 1 atom stereocenters. The van der Waals surface area contributed by atoms with Crippen molar-refractivity contribution in [2.45, 2.75) is 33.7 Å². The third-order valence-corrected chi connectivity index (χ3v) is 6.19. The Morgan fingerprint density at radius 1 is 1.14 bits per heavy atom. The number of esters is 1. The number of aromatic nitrogens is 2. The fourth-order valence-corrected chi connectivity index (χ4v) is 4.28. The quantitative estimate of drug-likeness (QED) is 0.360. The topological polar surface area (TPSA) is 128 Å². The number of ether oxygens (including phenoxy) is 1. The molecule has 0 saturated carbocycles. The molecule has 196 valence electrons. The average Bonchev–Trinajstić information content (AvgIpc) is 3.16. The number of anilines is 1. The molecule has 0 aliphatic heterocycles. The smallest absolute Gasteiger partial charge is 0.328 e. The van der Waals surface area contributed by atoms with E-state index in [2.05, 4.69) is 15.7 Å². The molecule has 3 aromatic rings. The Labute approximate surface area is 225 Å². The van der Waals surface area contributed by atoms with E-state index >= 15 is 0 Å². The summed E-state index contributed by atoms with van der Waals surface area (Å²) >= 11 is 12.6. The zero-order valence-corrected chi connectivity index (χ0v) is 22.7. The van der Waals surface area contributed by atoms with Gasteiger partial charge in [0.2, 0.25) is 5.91 Å². The highest BCUT2D eigenvalue weighted by Gasteiger charge is 2.35. The molecular weight excluding hydrogens is 517 g/mol. The number of primary amides is 1. The Morgan fingerprint density at radius 2 is 1.84 bits per heavy atom. The highest BCUT2D eigenvalue weighted by Crippen LogP contribution is 2.34. The lowest BCUT2D eigenvalue weighted by Gasteiger charge is -2.28. The molecule has 37 heavy (non-hydrogen) atoms. The van der Waals surface area contributed by atoms with E-state index in [0.29, 0.717) is 38.2 Å². The van der Waals surface area contributed by atoms with Gasteiger partial charge in [-0.1, -0.05) is 56.1 Å². The molecule has 2 aromatic carbocycles. The monoisotopic (exact) mass is 545 g/mol. The number of methoxy groups -OCH3 is 1. The van der Waals surface area contributed by atoms with Gasteiger partial charge in [-0.2, -0.15) is 5.10 Å². The third-order valence-electron chi connectivity index (χ3n) is 5.66. The van der Waals surface area contributed by atoms with Gasteiger partial charge >= 0.3 is 5.97 Å². The summed E-state index contributed by atoms with van der Waals surface area (Å²) < 4.78 is 6.46. The number of hydrogen-bond acceptors (Lipinski definition) is 6. The van der Waals surface area contributed by atoms with Crippen molar-refractivity contribution in [1.82, 2.24) is 15.1 Å². The van der Waals surface area contributed by atoms with E-state index in [1.165, 1.54) is 7.11 Å². The number of amides is 2. The Hall–Kier alpha value is -3.56. The molecule has 1 heterocycles. The van der Waals surface area contributed by atoms with Gasteiger partial charge < -0.3 is 21.1 Å². The van der Waals surface area contributed by atoms with E-state index in [4.69, 9.17) is 33.7 Å². The van der Waals surface area contributed by atoms with E-state index in [1.807, 2.05) is 26.8 Å². The van der Waals surface area contributed by atoms with Gasteiger partial charge in [-0.3, -0.25) is 9.59 Å². The van der Waals surface area contributed by atoms with Gasteiger partial charge in [0.15, 0.2) is 5.69 Å². The number of carbonyl (C=O) groups is 3. The Morgan fingerprint density at radius 3 is 2.43 bits per heavy atom. The van der Waals surface area contributed by atoms with Crippen molar-refractivity contribution in [3.8, 4) is 16.9 Å². The molecule has 0 aliphatic rings. The average molecular weight is 546 g/mol. The first-order valence-electron chi connectivity index (χ1n) is 11.4. The van der Waals surface area contributed by atoms with Crippen molar-refractivity contribution in [1.29, 1.82) is 0 Å². The van der Waals surface area contributed by atoms with Crippen molar-refractivity contribution in [2.75, 3.05) is 19.0 Å². The molecule has 0 aliphatic carbocycles. The number of carbonyl (C=O) groups excluding carboxylic acids is 3. The van der Waals surface area contributed by atoms with Crippen LogP contribution in [0.3, 0.4) is 0 Å². The summed E-state index contributed by atoms with van der Waals surface area (Å²) in [7, 11) is 1.27. The van der Waals surface area contributed by atoms with Crippen LogP contribution in [-0.4, -0.2) is 47.3 Å². The van der Waals surface area contributed by atoms with Crippen LogP contribution in [0.2, 0.25) is 10.0 Å². The molecule has 0 fully saturated rings. The summed E-state index contributed by atoms with van der Waals surface area (Å²) in [5.74, 6) is -1.61. The molecule has 2 amide bonds. The Kier molecular flexibility index (Phi) is 8.50. The first-order valence-corrected chi connectivity index (χ1v) is 12.2. The molecule has 3 rings (SSSR count). The van der Waals surface area contributed by atoms with E-state index in [0.717, 1.165) is 0 Å². The van der Waals surface area contributed by atoms with Crippen LogP contribution < -0.4 is 16.4 Å². The number of rotatable bonds is 8. The SMILES string of the molecule is COC(=O)C(NC(=O)c1nn(-c2ccc(Cl)cc2Cl)c(-c2cccc(NCC(N)=O)c2)c1C)C(C)(C)C. The standard InChI is InChI=1S/C26H29Cl2N5O4/c1-14-21(24(35)31-23(25(36)37-5)26(2,3)4)32-33(19-10-9-16(27)12-18(19)28)22(14)15-7-6-8-17(11-15)30-13-20(29)34/h6-12,23,30H,13H2,1-5H3,(H2,29,34)(H,31,35). The lowest BCUT2D eigenvalue weighted by Crippen LogP contribution is -2.49. The second-order valence-corrected chi connectivity index (χ2v) is 10.4. The summed E-state index contributed by atoms with van der Waals surface area (Å²) in [4.78, 5) is 37.1. The van der Waals surface area contributed by atoms with Crippen molar-refractivity contribution < 1.29 is 19.1 Å². The number of nitrogens with two attached hydrogens (primary N) is 1. The first kappa shape index (κ1) is 28.0. The second kappa shape index (κ2) is 11.2. The zero-order valence-electron chi connectivity index (χ0n) is 21.2. The van der Waals surface area contributed by atoms with Crippen LogP contribution in [0.15, 0.2) is 42.5 Å². The molecule has 11 heteroatoms. The van der Waals surface area contributed by atoms with Gasteiger partial charge in [-0.15, -0.1) is 0 Å². The third kappa shape index (κ3) is 6.42. The van der Waals surface area contributed by atoms with Crippen molar-refractivity contribution >= 4 is 46.7 Å². The van der Waals surface area contributed by atoms with Crippen LogP contribution in [0.25, 0.3) is 16.9 Å². The van der Waals surface area contributed by atoms with Crippen LogP contribution >= 0.6 is 23.2 Å². The predicted molar refractivity (Wildman–Crippen MR) is 144 cm³/mol. The Balaban J connectivity index is 2.16. The maximum Gasteiger partial charge on any atom is 0.328 e. The summed E-state index contributed by atoms with van der Waals surface area (Å²) in [6, 6.07) is 11.3. The number of nitrogens with one attached hydrogen (secondary N) is 2. The minimum absolute atomic E-state index is 0.0416. The second-order valence-electron chi connectivity index (χ2n) is 9.53. The largest absolute Gasteiger partial charge is 0.467 e. The molecule has 1 aromatic heterocycles. The van der Waals surface area contributed by atoms with Gasteiger partial charge in [0.25, 0.3) is 5.91 Å². The molecular formula is C26H29Cl2N5O4. The molecule has 0 bridgehead atoms. The maximum atomic E-state index is 13.4. The number of benzene rings is 2. The maximum absolute atomic E-state index is 13.4. The van der Waals surface area contributed by atoms with Crippen LogP contribution in [0.4, 0.5) is 5.69 Å². The van der Waals surface area contributed by atoms with Gasteiger partial charge in [0, 0.05) is 21.8 Å². The normalized spacial score (nSPS) is 12.1. The minimum atomic E-state index is -0.904. The Bertz CT molecular complexity index is 1350. The van der Waals surface area contributed by atoms with Crippen LogP contribution in [0.5, 0.6) is 0 Å². The van der Waals surface area contributed by atoms with Crippen LogP contribution in [-0.2, 0) is 14.3 Å². The number of hydrogen-bond donors (Lipinski definition) is 3. The predicted octanol–water partition coefficient (Wildman–Crippen LogP) is 4.37. The van der Waals surface area contributed by atoms with E-state index < -0.39 is 29.2 Å². The fraction of sp³-hybridized carbons (Fsp3) is 0.308. The summed E-state index contributed by atoms with van der Waals surface area (Å²) in [6.07, 6.45) is 0. The molecule has 1 unspecified atom stereocenters. The van der Waals surface area contributed by atoms with Gasteiger partial charge in [0.1, 0.15) is 6.04 Å². The fourth-order valence-electron chi connectivity index (χ4n) is 3.79. The van der Waals surface area contributed by atoms with Crippen LogP contribution in [0.1, 0.15) is 36.8 Å². The zero-order chi connectivity index (χ0) is 27.5. The molecule has 9 nitrogen and oxygen atoms in total. The van der Waals surface area contributed by atoms with E-state index in [-0.39, 0.29) is 12.2 Å². The number of halogens is 2. The van der Waals surface area contributed by atoms with Gasteiger partial charge in [0.05, 0.1) is 30.1 Å². The minimum Gasteiger partial charge on any atom is -0.467 e. The lowest BCUT2D eigenvalue weighted by molar-refractivity contribution is -0.145. The number of nitrogens with zero attached hydrogens (tertiary/aromatic N) is 2. The van der Waals surface area contributed by atoms with Gasteiger partial charge in [-0.05, 0) is 42.7 Å². The molecule has 4 N–H and O–H groups in total.